The van der Waals surface area contributed by atoms with E-state index in [9.17, 15) is 0 Å². The predicted molar refractivity (Wildman–Crippen MR) is 445 cm³/mol. The van der Waals surface area contributed by atoms with Gasteiger partial charge >= 0.3 is 0 Å². The van der Waals surface area contributed by atoms with Crippen LogP contribution in [0.25, 0.3) is 140 Å². The van der Waals surface area contributed by atoms with Crippen LogP contribution >= 0.6 is 0 Å². The molecule has 2 spiro atoms. The first-order valence-corrected chi connectivity index (χ1v) is 37.9. The van der Waals surface area contributed by atoms with Gasteiger partial charge in [-0.05, 0) is 150 Å². The quantitative estimate of drug-likeness (QED) is 0.136. The normalized spacial score (nSPS) is 14.8. The van der Waals surface area contributed by atoms with Crippen LogP contribution in [0.15, 0.2) is 382 Å². The van der Waals surface area contributed by atoms with Gasteiger partial charge in [0.25, 0.3) is 0 Å². The molecule has 15 aromatic carbocycles. The Hall–Kier alpha value is -14.2. The molecule has 4 heterocycles. The first-order chi connectivity index (χ1) is 54.5. The maximum atomic E-state index is 7.42. The zero-order valence-electron chi connectivity index (χ0n) is 59.8. The van der Waals surface area contributed by atoms with Crippen molar-refractivity contribution in [2.24, 2.45) is 0 Å². The van der Waals surface area contributed by atoms with E-state index in [2.05, 4.69) is 358 Å². The third-order valence-corrected chi connectivity index (χ3v) is 23.4. The Morgan fingerprint density at radius 1 is 0.236 bits per heavy atom. The van der Waals surface area contributed by atoms with E-state index in [4.69, 9.17) is 29.4 Å². The van der Waals surface area contributed by atoms with Crippen molar-refractivity contribution in [3.05, 3.63) is 426 Å². The second-order valence-electron chi connectivity index (χ2n) is 29.2. The number of aromatic nitrogens is 4. The van der Waals surface area contributed by atoms with Crippen molar-refractivity contribution in [2.75, 3.05) is 0 Å². The molecule has 110 heavy (non-hydrogen) atoms. The van der Waals surface area contributed by atoms with Gasteiger partial charge in [0.2, 0.25) is 0 Å². The van der Waals surface area contributed by atoms with Crippen LogP contribution in [0.1, 0.15) is 57.3 Å². The van der Waals surface area contributed by atoms with Gasteiger partial charge in [-0.2, -0.15) is 0 Å². The molecule has 0 saturated carbocycles. The summed E-state index contributed by atoms with van der Waals surface area (Å²) in [6.07, 6.45) is 6.53. The summed E-state index contributed by atoms with van der Waals surface area (Å²) in [6.45, 7) is 0. The Kier molecular flexibility index (Phi) is 14.5. The fourth-order valence-corrected chi connectivity index (χ4v) is 18.5. The van der Waals surface area contributed by atoms with Gasteiger partial charge in [-0.1, -0.05) is 328 Å². The molecule has 22 rings (SSSR count). The molecule has 0 fully saturated rings. The zero-order valence-corrected chi connectivity index (χ0v) is 59.8. The molecule has 2 aliphatic heterocycles. The molecule has 2 aromatic heterocycles. The number of allylic oxidation sites excluding steroid dienone is 4. The molecule has 0 bridgehead atoms. The van der Waals surface area contributed by atoms with E-state index in [1.165, 1.54) is 49.9 Å². The smallest absolute Gasteiger partial charge is 0.160 e. The number of rotatable bonds is 10. The number of hydrogen-bond donors (Lipinski definition) is 0. The number of hydrogen-bond acceptors (Lipinski definition) is 6. The van der Waals surface area contributed by atoms with Gasteiger partial charge in [0.1, 0.15) is 23.0 Å². The van der Waals surface area contributed by atoms with Crippen molar-refractivity contribution in [3.63, 3.8) is 0 Å². The number of nitrogens with zero attached hydrogens (tertiary/aromatic N) is 4. The standard InChI is InChI=1S/C104H66N4O2/c1-3-25-65(26-4-1)67-51-54-69(55-52-67)102-107-95(75-34-22-32-72(61-75)78-40-23-47-90-99(78)109-97-49-19-17-45-88(97)103(90)85-42-14-11-36-80(85)81-37-12-15-43-86(81)103)64-96(108-102)84-39-10-9-35-77(84)73-57-58-83-82-38-13-16-44-87(82)104(92(83)62-73)89-46-18-20-50-98(89)110-100-79(41-24-48-91(100)104)71-31-21-33-74(60-71)93-63-94(106-101(105-93)68-28-5-2-6-29-68)76-56-53-66-27-7-8-30-70(66)59-76/h1-15,17-43,45-64H,16,44H2. The molecule has 6 nitrogen and oxygen atoms in total. The summed E-state index contributed by atoms with van der Waals surface area (Å²) in [5.74, 6) is 4.67. The van der Waals surface area contributed by atoms with E-state index in [0.29, 0.717) is 11.6 Å². The average molecular weight is 1400 g/mol. The Bertz CT molecular complexity index is 6690. The van der Waals surface area contributed by atoms with Crippen LogP contribution in [0.2, 0.25) is 0 Å². The summed E-state index contributed by atoms with van der Waals surface area (Å²) < 4.78 is 14.7. The van der Waals surface area contributed by atoms with Crippen LogP contribution in [-0.4, -0.2) is 19.9 Å². The van der Waals surface area contributed by atoms with Gasteiger partial charge in [0.15, 0.2) is 11.6 Å². The molecule has 5 aliphatic rings. The Balaban J connectivity index is 0.683. The highest BCUT2D eigenvalue weighted by Crippen LogP contribution is 2.66. The predicted octanol–water partition coefficient (Wildman–Crippen LogP) is 26.1. The van der Waals surface area contributed by atoms with Crippen molar-refractivity contribution >= 4 is 16.3 Å². The van der Waals surface area contributed by atoms with Gasteiger partial charge in [-0.3, -0.25) is 0 Å². The lowest BCUT2D eigenvalue weighted by molar-refractivity contribution is 0.433. The van der Waals surface area contributed by atoms with Gasteiger partial charge in [0, 0.05) is 66.8 Å². The fourth-order valence-electron chi connectivity index (χ4n) is 18.5. The third kappa shape index (κ3) is 9.82. The van der Waals surface area contributed by atoms with Gasteiger partial charge in [-0.15, -0.1) is 0 Å². The monoisotopic (exact) mass is 1400 g/mol. The summed E-state index contributed by atoms with van der Waals surface area (Å²) in [5, 5.41) is 2.34. The lowest BCUT2D eigenvalue weighted by atomic mass is 9.63. The van der Waals surface area contributed by atoms with Gasteiger partial charge in [0.05, 0.1) is 33.6 Å². The first kappa shape index (κ1) is 63.1. The van der Waals surface area contributed by atoms with Gasteiger partial charge < -0.3 is 9.47 Å². The highest BCUT2D eigenvalue weighted by atomic mass is 16.5. The maximum Gasteiger partial charge on any atom is 0.160 e. The molecule has 1 atom stereocenters. The van der Waals surface area contributed by atoms with Crippen molar-refractivity contribution in [1.29, 1.82) is 0 Å². The Morgan fingerprint density at radius 2 is 0.645 bits per heavy atom. The van der Waals surface area contributed by atoms with Crippen molar-refractivity contribution in [1.82, 2.24) is 19.9 Å². The molecule has 514 valence electrons. The lowest BCUT2D eigenvalue weighted by Crippen LogP contribution is -2.33. The Labute approximate surface area is 638 Å². The Morgan fingerprint density at radius 3 is 1.28 bits per heavy atom. The minimum Gasteiger partial charge on any atom is -0.456 e. The van der Waals surface area contributed by atoms with Crippen LogP contribution in [0.5, 0.6) is 23.0 Å². The van der Waals surface area contributed by atoms with E-state index in [0.717, 1.165) is 164 Å². The maximum absolute atomic E-state index is 7.42. The molecule has 0 amide bonds. The van der Waals surface area contributed by atoms with Crippen molar-refractivity contribution in [2.45, 2.75) is 23.7 Å². The highest BCUT2D eigenvalue weighted by molar-refractivity contribution is 5.97. The second kappa shape index (κ2) is 25.2. The molecule has 17 aromatic rings. The second-order valence-corrected chi connectivity index (χ2v) is 29.2. The summed E-state index contributed by atoms with van der Waals surface area (Å²) in [7, 11) is 0. The molecule has 0 saturated heterocycles. The van der Waals surface area contributed by atoms with Crippen LogP contribution in [-0.2, 0) is 10.8 Å². The molecule has 0 radical (unpaired) electrons. The number of benzene rings is 15. The minimum absolute atomic E-state index is 0.602. The molecular formula is C104H66N4O2. The van der Waals surface area contributed by atoms with Crippen molar-refractivity contribution in [3.8, 4) is 146 Å². The van der Waals surface area contributed by atoms with Crippen molar-refractivity contribution < 1.29 is 9.47 Å². The largest absolute Gasteiger partial charge is 0.456 e. The van der Waals surface area contributed by atoms with E-state index in [1.807, 2.05) is 18.2 Å². The number of ether oxygens (including phenoxy) is 2. The van der Waals surface area contributed by atoms with E-state index in [1.54, 1.807) is 0 Å². The fraction of sp³-hybridized carbons (Fsp3) is 0.0385. The van der Waals surface area contributed by atoms with Crippen LogP contribution in [0.4, 0.5) is 0 Å². The summed E-state index contributed by atoms with van der Waals surface area (Å²) in [4.78, 5) is 21.8. The zero-order chi connectivity index (χ0) is 72.4. The number of fused-ring (bicyclic) bond motifs is 18. The minimum atomic E-state index is -0.713. The SMILES string of the molecule is C1=CC2=C(CC1)C1(c3ccccc3Oc3c(-c4cccc(-c5cc(-c6ccc7ccccc7c6)nc(-c6ccccc6)n5)c4)cccc31)c1cc(-c3ccccc3-c3cc(-c4cccc(-c5cccc6c5Oc5ccccc5C65c6ccccc6-c6ccccc65)c4)nc(-c4ccc(-c5ccccc5)cc4)n3)ccc12. The summed E-state index contributed by atoms with van der Waals surface area (Å²) >= 11 is 0. The van der Waals surface area contributed by atoms with Crippen LogP contribution in [0.3, 0.4) is 0 Å². The van der Waals surface area contributed by atoms with Gasteiger partial charge in [-0.25, -0.2) is 19.9 Å². The topological polar surface area (TPSA) is 70.0 Å². The van der Waals surface area contributed by atoms with E-state index in [-0.39, 0.29) is 0 Å². The molecule has 1 unspecified atom stereocenters. The number of para-hydroxylation sites is 4. The summed E-state index contributed by atoms with van der Waals surface area (Å²) in [6, 6.07) is 131. The summed E-state index contributed by atoms with van der Waals surface area (Å²) in [5.41, 5.74) is 30.9. The molecule has 6 heteroatoms. The molecule has 0 N–H and O–H groups in total. The van der Waals surface area contributed by atoms with Crippen LogP contribution < -0.4 is 9.47 Å². The van der Waals surface area contributed by atoms with E-state index >= 15 is 0 Å². The molecule has 3 aliphatic carbocycles. The highest BCUT2D eigenvalue weighted by Gasteiger charge is 2.54. The average Bonchev–Trinajstić information content (AvgIpc) is 1.49. The molecular weight excluding hydrogens is 1340 g/mol. The van der Waals surface area contributed by atoms with E-state index < -0.39 is 10.8 Å². The van der Waals surface area contributed by atoms with Crippen LogP contribution in [0, 0.1) is 0 Å². The third-order valence-electron chi connectivity index (χ3n) is 23.4. The lowest BCUT2D eigenvalue weighted by Gasteiger charge is -2.42. The first-order valence-electron chi connectivity index (χ1n) is 37.9.